The van der Waals surface area contributed by atoms with Gasteiger partial charge in [0.1, 0.15) is 0 Å². The number of aliphatic carboxylic acids is 1. The van der Waals surface area contributed by atoms with Crippen molar-refractivity contribution in [1.82, 2.24) is 4.90 Å². The lowest BCUT2D eigenvalue weighted by molar-refractivity contribution is -0.143. The zero-order valence-electron chi connectivity index (χ0n) is 7.65. The summed E-state index contributed by atoms with van der Waals surface area (Å²) in [6.07, 6.45) is 0.580. The van der Waals surface area contributed by atoms with Gasteiger partial charge in [-0.2, -0.15) is 0 Å². The van der Waals surface area contributed by atoms with Gasteiger partial charge in [-0.15, -0.1) is 0 Å². The van der Waals surface area contributed by atoms with Gasteiger partial charge in [-0.3, -0.25) is 9.69 Å². The highest BCUT2D eigenvalue weighted by Gasteiger charge is 2.28. The van der Waals surface area contributed by atoms with Crippen molar-refractivity contribution in [3.63, 3.8) is 0 Å². The smallest absolute Gasteiger partial charge is 0.307 e. The maximum atomic E-state index is 10.7. The van der Waals surface area contributed by atoms with E-state index in [-0.39, 0.29) is 12.0 Å². The minimum atomic E-state index is -0.753. The lowest BCUT2D eigenvalue weighted by atomic mass is 9.95. The second-order valence-electron chi connectivity index (χ2n) is 3.58. The molecule has 0 amide bonds. The first-order valence-corrected chi connectivity index (χ1v) is 4.54. The van der Waals surface area contributed by atoms with Crippen LogP contribution >= 0.6 is 0 Å². The van der Waals surface area contributed by atoms with Crippen LogP contribution in [0.2, 0.25) is 0 Å². The van der Waals surface area contributed by atoms with Crippen LogP contribution in [0.3, 0.4) is 0 Å². The second-order valence-corrected chi connectivity index (χ2v) is 3.58. The van der Waals surface area contributed by atoms with Crippen LogP contribution in [-0.2, 0) is 4.79 Å². The maximum Gasteiger partial charge on any atom is 0.307 e. The SMILES string of the molecule is NCCN1CC(N)CC(C(=O)O)C1. The Morgan fingerprint density at radius 2 is 2.23 bits per heavy atom. The summed E-state index contributed by atoms with van der Waals surface area (Å²) in [5, 5.41) is 8.83. The Balaban J connectivity index is 2.47. The highest BCUT2D eigenvalue weighted by molar-refractivity contribution is 5.70. The first-order valence-electron chi connectivity index (χ1n) is 4.54. The molecule has 2 atom stereocenters. The number of hydrogen-bond acceptors (Lipinski definition) is 4. The van der Waals surface area contributed by atoms with Gasteiger partial charge in [0.05, 0.1) is 5.92 Å². The van der Waals surface area contributed by atoms with Crippen LogP contribution in [0.15, 0.2) is 0 Å². The molecule has 0 aromatic heterocycles. The van der Waals surface area contributed by atoms with Gasteiger partial charge in [-0.25, -0.2) is 0 Å². The minimum Gasteiger partial charge on any atom is -0.481 e. The third kappa shape index (κ3) is 2.95. The molecule has 1 heterocycles. The second kappa shape index (κ2) is 4.55. The van der Waals surface area contributed by atoms with E-state index in [2.05, 4.69) is 0 Å². The van der Waals surface area contributed by atoms with Crippen LogP contribution in [0.5, 0.6) is 0 Å². The topological polar surface area (TPSA) is 92.6 Å². The molecule has 5 nitrogen and oxygen atoms in total. The molecule has 0 bridgehead atoms. The van der Waals surface area contributed by atoms with Crippen LogP contribution < -0.4 is 11.5 Å². The van der Waals surface area contributed by atoms with Gasteiger partial charge in [0.15, 0.2) is 0 Å². The van der Waals surface area contributed by atoms with Crippen molar-refractivity contribution in [3.8, 4) is 0 Å². The summed E-state index contributed by atoms with van der Waals surface area (Å²) in [7, 11) is 0. The van der Waals surface area contributed by atoms with Crippen molar-refractivity contribution in [3.05, 3.63) is 0 Å². The molecule has 1 aliphatic heterocycles. The zero-order chi connectivity index (χ0) is 9.84. The molecule has 5 N–H and O–H groups in total. The highest BCUT2D eigenvalue weighted by atomic mass is 16.4. The molecule has 0 aromatic carbocycles. The van der Waals surface area contributed by atoms with E-state index in [4.69, 9.17) is 16.6 Å². The normalized spacial score (nSPS) is 30.3. The minimum absolute atomic E-state index is 0.0265. The average molecular weight is 187 g/mol. The summed E-state index contributed by atoms with van der Waals surface area (Å²) in [5.41, 5.74) is 11.1. The van der Waals surface area contributed by atoms with Crippen molar-refractivity contribution in [2.24, 2.45) is 17.4 Å². The lowest BCUT2D eigenvalue weighted by Crippen LogP contribution is -2.50. The van der Waals surface area contributed by atoms with Gasteiger partial charge in [0.25, 0.3) is 0 Å². The Kier molecular flexibility index (Phi) is 3.65. The van der Waals surface area contributed by atoms with E-state index >= 15 is 0 Å². The molecule has 1 rings (SSSR count). The molecule has 2 unspecified atom stereocenters. The van der Waals surface area contributed by atoms with Crippen molar-refractivity contribution in [2.75, 3.05) is 26.2 Å². The number of carboxylic acids is 1. The maximum absolute atomic E-state index is 10.7. The number of nitrogens with two attached hydrogens (primary N) is 2. The largest absolute Gasteiger partial charge is 0.481 e. The predicted molar refractivity (Wildman–Crippen MR) is 49.2 cm³/mol. The molecule has 0 saturated carbocycles. The van der Waals surface area contributed by atoms with Crippen LogP contribution in [0.1, 0.15) is 6.42 Å². The monoisotopic (exact) mass is 187 g/mol. The average Bonchev–Trinajstić information content (AvgIpc) is 2.03. The molecule has 0 aliphatic carbocycles. The Morgan fingerprint density at radius 1 is 1.54 bits per heavy atom. The molecule has 0 radical (unpaired) electrons. The fraction of sp³-hybridized carbons (Fsp3) is 0.875. The number of carboxylic acid groups (broad SMARTS) is 1. The summed E-state index contributed by atoms with van der Waals surface area (Å²) in [4.78, 5) is 12.8. The van der Waals surface area contributed by atoms with Gasteiger partial charge >= 0.3 is 5.97 Å². The lowest BCUT2D eigenvalue weighted by Gasteiger charge is -2.34. The quantitative estimate of drug-likeness (QED) is 0.509. The molecule has 1 saturated heterocycles. The summed E-state index contributed by atoms with van der Waals surface area (Å²) >= 11 is 0. The molecular weight excluding hydrogens is 170 g/mol. The summed E-state index contributed by atoms with van der Waals surface area (Å²) in [6.45, 7) is 2.64. The van der Waals surface area contributed by atoms with Crippen LogP contribution in [0, 0.1) is 5.92 Å². The van der Waals surface area contributed by atoms with E-state index in [0.29, 0.717) is 19.5 Å². The molecule has 1 aliphatic rings. The van der Waals surface area contributed by atoms with Gasteiger partial charge < -0.3 is 16.6 Å². The van der Waals surface area contributed by atoms with Crippen molar-refractivity contribution >= 4 is 5.97 Å². The van der Waals surface area contributed by atoms with Gasteiger partial charge in [-0.05, 0) is 6.42 Å². The molecule has 13 heavy (non-hydrogen) atoms. The number of likely N-dealkylation sites (tertiary alicyclic amines) is 1. The Morgan fingerprint density at radius 3 is 2.77 bits per heavy atom. The summed E-state index contributed by atoms with van der Waals surface area (Å²) < 4.78 is 0. The summed E-state index contributed by atoms with van der Waals surface area (Å²) in [6, 6.07) is -0.0265. The first kappa shape index (κ1) is 10.4. The molecule has 5 heteroatoms. The predicted octanol–water partition coefficient (Wildman–Crippen LogP) is -1.32. The molecular formula is C8H17N3O2. The molecule has 0 spiro atoms. The van der Waals surface area contributed by atoms with E-state index in [1.165, 1.54) is 0 Å². The summed E-state index contributed by atoms with van der Waals surface area (Å²) in [5.74, 6) is -1.08. The van der Waals surface area contributed by atoms with E-state index in [0.717, 1.165) is 13.1 Å². The molecule has 76 valence electrons. The Bertz CT molecular complexity index is 186. The standard InChI is InChI=1S/C8H17N3O2/c9-1-2-11-4-6(8(12)13)3-7(10)5-11/h6-7H,1-5,9-10H2,(H,12,13). The Hall–Kier alpha value is -0.650. The van der Waals surface area contributed by atoms with E-state index in [9.17, 15) is 4.79 Å². The van der Waals surface area contributed by atoms with Gasteiger partial charge in [-0.1, -0.05) is 0 Å². The van der Waals surface area contributed by atoms with Crippen molar-refractivity contribution in [1.29, 1.82) is 0 Å². The molecule has 1 fully saturated rings. The zero-order valence-corrected chi connectivity index (χ0v) is 7.65. The molecule has 0 aromatic rings. The van der Waals surface area contributed by atoms with Gasteiger partial charge in [0.2, 0.25) is 0 Å². The number of nitrogens with zero attached hydrogens (tertiary/aromatic N) is 1. The van der Waals surface area contributed by atoms with Crippen molar-refractivity contribution in [2.45, 2.75) is 12.5 Å². The number of carbonyl (C=O) groups is 1. The number of hydrogen-bond donors (Lipinski definition) is 3. The van der Waals surface area contributed by atoms with E-state index in [1.807, 2.05) is 4.90 Å². The van der Waals surface area contributed by atoms with Crippen LogP contribution in [0.4, 0.5) is 0 Å². The fourth-order valence-corrected chi connectivity index (χ4v) is 1.78. The number of piperidine rings is 1. The third-order valence-corrected chi connectivity index (χ3v) is 2.35. The van der Waals surface area contributed by atoms with Crippen LogP contribution in [-0.4, -0.2) is 48.2 Å². The Labute approximate surface area is 77.7 Å². The fourth-order valence-electron chi connectivity index (χ4n) is 1.78. The highest BCUT2D eigenvalue weighted by Crippen LogP contribution is 2.15. The van der Waals surface area contributed by atoms with Crippen LogP contribution in [0.25, 0.3) is 0 Å². The van der Waals surface area contributed by atoms with E-state index in [1.54, 1.807) is 0 Å². The number of rotatable bonds is 3. The van der Waals surface area contributed by atoms with Gasteiger partial charge in [0, 0.05) is 32.2 Å². The third-order valence-electron chi connectivity index (χ3n) is 2.35. The first-order chi connectivity index (χ1) is 6.13. The van der Waals surface area contributed by atoms with Crippen molar-refractivity contribution < 1.29 is 9.90 Å². The van der Waals surface area contributed by atoms with E-state index < -0.39 is 5.97 Å².